The molecule has 5 heavy (non-hydrogen) atoms. The summed E-state index contributed by atoms with van der Waals surface area (Å²) in [6.07, 6.45) is 0. The van der Waals surface area contributed by atoms with Crippen LogP contribution in [0.25, 0.3) is 0 Å². The molecule has 3 heteroatoms. The van der Waals surface area contributed by atoms with Crippen LogP contribution < -0.4 is 5.42 Å². The topological polar surface area (TPSA) is 24.4 Å². The number of nitrogens with one attached hydrogen (secondary N) is 1. The summed E-state index contributed by atoms with van der Waals surface area (Å²) in [5, 5.41) is 3.44. The van der Waals surface area contributed by atoms with E-state index in [0.29, 0.717) is 5.88 Å². The Labute approximate surface area is 37.5 Å². The number of hydrogen-bond donors (Lipinski definition) is 1. The number of rotatable bonds is 0. The zero-order valence-electron chi connectivity index (χ0n) is 4.51. The lowest BCUT2D eigenvalue weighted by Gasteiger charge is -1.75. The van der Waals surface area contributed by atoms with Crippen molar-refractivity contribution in [1.82, 2.24) is 5.42 Å². The lowest BCUT2D eigenvalue weighted by atomic mass is 11.5. The van der Waals surface area contributed by atoms with Gasteiger partial charge in [0.05, 0.1) is 12.8 Å². The van der Waals surface area contributed by atoms with Gasteiger partial charge in [-0.05, 0) is 0 Å². The minimum Gasteiger partial charge on any atom is -0.299 e. The molecule has 1 heterocycles. The van der Waals surface area contributed by atoms with E-state index in [0.717, 1.165) is 5.42 Å². The molecule has 0 aliphatic carbocycles. The smallest absolute Gasteiger partial charge is 0.184 e. The van der Waals surface area contributed by atoms with E-state index in [-0.39, 0.29) is 5.52 Å². The van der Waals surface area contributed by atoms with Crippen LogP contribution in [0, 0.1) is 0 Å². The maximum atomic E-state index is 6.81. The van der Waals surface area contributed by atoms with Crippen LogP contribution in [0.3, 0.4) is 0 Å². The van der Waals surface area contributed by atoms with E-state index in [1.807, 2.05) is 0 Å². The van der Waals surface area contributed by atoms with Crippen molar-refractivity contribution in [2.75, 3.05) is 5.88 Å². The van der Waals surface area contributed by atoms with Gasteiger partial charge < -0.3 is 0 Å². The lowest BCUT2D eigenvalue weighted by Crippen LogP contribution is -1.93. The molecule has 0 saturated heterocycles. The summed E-state index contributed by atoms with van der Waals surface area (Å²) in [7, 11) is 0. The van der Waals surface area contributed by atoms with Gasteiger partial charge in [0.15, 0.2) is 1.41 Å². The summed E-state index contributed by atoms with van der Waals surface area (Å²) < 4.78 is 13.6. The molecule has 28 valence electrons. The van der Waals surface area contributed by atoms with E-state index in [2.05, 4.69) is 5.10 Å². The van der Waals surface area contributed by atoms with Gasteiger partial charge in [-0.1, -0.05) is 11.8 Å². The second kappa shape index (κ2) is 1.31. The van der Waals surface area contributed by atoms with Gasteiger partial charge in [-0.15, -0.1) is 0 Å². The highest BCUT2D eigenvalue weighted by Crippen LogP contribution is 1.94. The van der Waals surface area contributed by atoms with Gasteiger partial charge >= 0.3 is 0 Å². The van der Waals surface area contributed by atoms with Crippen LogP contribution in [-0.4, -0.2) is 11.4 Å². The number of hydrogen-bond acceptors (Lipinski definition) is 3. The summed E-state index contributed by atoms with van der Waals surface area (Å²) in [6.45, 7) is 0. The van der Waals surface area contributed by atoms with Crippen molar-refractivity contribution in [3.8, 4) is 0 Å². The van der Waals surface area contributed by atoms with Crippen molar-refractivity contribution in [3.63, 3.8) is 0 Å². The van der Waals surface area contributed by atoms with Crippen molar-refractivity contribution < 1.29 is 2.78 Å². The molecule has 0 bridgehead atoms. The SMILES string of the molecule is [2H]C1=NN([2H])CS1. The molecule has 0 spiro atoms. The second-order valence-corrected chi connectivity index (χ2v) is 1.34. The van der Waals surface area contributed by atoms with E-state index >= 15 is 0 Å². The van der Waals surface area contributed by atoms with Crippen LogP contribution in [0.1, 0.15) is 1.37 Å². The van der Waals surface area contributed by atoms with Crippen molar-refractivity contribution >= 4 is 17.3 Å². The first-order valence-electron chi connectivity index (χ1n) is 2.18. The number of hydrazone groups is 1. The molecule has 0 atom stereocenters. The van der Waals surface area contributed by atoms with Crippen LogP contribution in [0.2, 0.25) is 1.41 Å². The fraction of sp³-hybridized carbons (Fsp3) is 0.500. The molecule has 1 aliphatic rings. The van der Waals surface area contributed by atoms with Gasteiger partial charge in [0.25, 0.3) is 0 Å². The maximum absolute atomic E-state index is 6.81. The average Bonchev–Trinajstić information content (AvgIpc) is 1.87. The first-order chi connectivity index (χ1) is 3.29. The normalized spacial score (nSPS) is 28.8. The molecule has 0 unspecified atom stereocenters. The zero-order chi connectivity index (χ0) is 5.28. The second-order valence-electron chi connectivity index (χ2n) is 0.606. The summed E-state index contributed by atoms with van der Waals surface area (Å²) >= 11 is 1.26. The molecule has 0 aromatic rings. The van der Waals surface area contributed by atoms with Gasteiger partial charge in [-0.2, -0.15) is 5.10 Å². The van der Waals surface area contributed by atoms with Gasteiger partial charge in [-0.25, -0.2) is 0 Å². The van der Waals surface area contributed by atoms with Crippen molar-refractivity contribution in [2.45, 2.75) is 0 Å². The predicted molar refractivity (Wildman–Crippen MR) is 24.1 cm³/mol. The molecule has 2 nitrogen and oxygen atoms in total. The Kier molecular flexibility index (Phi) is 0.395. The van der Waals surface area contributed by atoms with Gasteiger partial charge in [0, 0.05) is 0 Å². The van der Waals surface area contributed by atoms with E-state index in [1.54, 1.807) is 0 Å². The van der Waals surface area contributed by atoms with Crippen molar-refractivity contribution in [2.24, 2.45) is 5.10 Å². The molecule has 0 amide bonds. The minimum absolute atomic E-state index is 0.231. The molecular weight excluding hydrogens is 84.1 g/mol. The molecular formula is C2H4N2S. The van der Waals surface area contributed by atoms with Crippen LogP contribution in [0.15, 0.2) is 5.10 Å². The fourth-order valence-corrected chi connectivity index (χ4v) is 0.433. The van der Waals surface area contributed by atoms with Gasteiger partial charge in [0.2, 0.25) is 0 Å². The summed E-state index contributed by atoms with van der Waals surface area (Å²) in [5.74, 6) is 0.499. The number of thioether (sulfide) groups is 1. The minimum atomic E-state index is 0.231. The monoisotopic (exact) mass is 90.0 g/mol. The summed E-state index contributed by atoms with van der Waals surface area (Å²) in [4.78, 5) is 0. The van der Waals surface area contributed by atoms with E-state index in [9.17, 15) is 0 Å². The van der Waals surface area contributed by atoms with Crippen LogP contribution >= 0.6 is 11.8 Å². The molecule has 0 radical (unpaired) electrons. The predicted octanol–water partition coefficient (Wildman–Crippen LogP) is 0.224. The Bertz CT molecular complexity index is 104. The molecule has 0 aromatic heterocycles. The summed E-state index contributed by atoms with van der Waals surface area (Å²) in [5.41, 5.74) is 1.22. The Morgan fingerprint density at radius 1 is 2.60 bits per heavy atom. The molecule has 0 fully saturated rings. The zero-order valence-corrected chi connectivity index (χ0v) is 3.33. The van der Waals surface area contributed by atoms with E-state index in [4.69, 9.17) is 2.78 Å². The lowest BCUT2D eigenvalue weighted by molar-refractivity contribution is 0.897. The van der Waals surface area contributed by atoms with Crippen molar-refractivity contribution in [1.29, 1.82) is 0 Å². The van der Waals surface area contributed by atoms with Crippen LogP contribution in [0.5, 0.6) is 0 Å². The first-order valence-corrected chi connectivity index (χ1v) is 2.22. The van der Waals surface area contributed by atoms with Crippen LogP contribution in [0.4, 0.5) is 0 Å². The van der Waals surface area contributed by atoms with E-state index < -0.39 is 0 Å². The molecule has 0 saturated carbocycles. The highest BCUT2D eigenvalue weighted by molar-refractivity contribution is 8.12. The van der Waals surface area contributed by atoms with Gasteiger partial charge in [0.1, 0.15) is 0 Å². The Hall–Kier alpha value is -0.180. The largest absolute Gasteiger partial charge is 0.299 e. The number of nitrogens with zero attached hydrogens (tertiary/aromatic N) is 1. The Morgan fingerprint density at radius 3 is 3.80 bits per heavy atom. The first kappa shape index (κ1) is 1.51. The fourth-order valence-electron chi connectivity index (χ4n) is 0.144. The van der Waals surface area contributed by atoms with Gasteiger partial charge in [-0.3, -0.25) is 5.42 Å². The van der Waals surface area contributed by atoms with E-state index in [1.165, 1.54) is 11.8 Å². The Balaban J connectivity index is 2.50. The molecule has 1 N–H and O–H groups in total. The standard InChI is InChI=1S/C2H4N2S/c1-3-4-2-5-1/h1,4H,2H2/i1D/hD. The highest BCUT2D eigenvalue weighted by atomic mass is 32.2. The molecule has 0 aromatic carbocycles. The third kappa shape index (κ3) is 0.545. The quantitative estimate of drug-likeness (QED) is 0.460. The third-order valence-corrected chi connectivity index (χ3v) is 0.754. The maximum Gasteiger partial charge on any atom is 0.184 e. The van der Waals surface area contributed by atoms with Crippen LogP contribution in [-0.2, 0) is 0 Å². The summed E-state index contributed by atoms with van der Waals surface area (Å²) in [6, 6.07) is 0. The average molecular weight is 90.1 g/mol. The molecule has 1 rings (SSSR count). The molecule has 1 aliphatic heterocycles. The highest BCUT2D eigenvalue weighted by Gasteiger charge is 1.83. The van der Waals surface area contributed by atoms with Crippen molar-refractivity contribution in [3.05, 3.63) is 0 Å². The Morgan fingerprint density at radius 2 is 3.60 bits per heavy atom. The third-order valence-electron chi connectivity index (χ3n) is 0.298.